The van der Waals surface area contributed by atoms with Crippen molar-refractivity contribution >= 4 is 21.5 Å². The van der Waals surface area contributed by atoms with E-state index in [0.717, 1.165) is 25.0 Å². The van der Waals surface area contributed by atoms with Gasteiger partial charge in [-0.3, -0.25) is 5.10 Å². The van der Waals surface area contributed by atoms with Crippen LogP contribution < -0.4 is 10.0 Å². The predicted octanol–water partition coefficient (Wildman–Crippen LogP) is 2.62. The normalized spacial score (nSPS) is 22.3. The number of oxazole rings is 1. The van der Waals surface area contributed by atoms with Gasteiger partial charge in [0.25, 0.3) is 0 Å². The molecule has 30 heavy (non-hydrogen) atoms. The number of nitrogens with zero attached hydrogens (tertiary/aromatic N) is 2. The molecule has 1 fully saturated rings. The number of hydrogen-bond acceptors (Lipinski definition) is 7. The minimum atomic E-state index is -3.62. The molecule has 0 bridgehead atoms. The predicted molar refractivity (Wildman–Crippen MR) is 104 cm³/mol. The maximum absolute atomic E-state index is 14.7. The van der Waals surface area contributed by atoms with Crippen molar-refractivity contribution in [1.82, 2.24) is 19.9 Å². The van der Waals surface area contributed by atoms with Crippen molar-refractivity contribution in [2.75, 3.05) is 5.32 Å². The molecule has 3 aromatic rings. The smallest absolute Gasteiger partial charge is 0.241 e. The van der Waals surface area contributed by atoms with Crippen LogP contribution >= 0.6 is 0 Å². The van der Waals surface area contributed by atoms with Gasteiger partial charge >= 0.3 is 0 Å². The van der Waals surface area contributed by atoms with Gasteiger partial charge in [0.1, 0.15) is 12.4 Å². The summed E-state index contributed by atoms with van der Waals surface area (Å²) in [7, 11) is -3.62. The molecule has 1 saturated carbocycles. The summed E-state index contributed by atoms with van der Waals surface area (Å²) in [5, 5.41) is 19.3. The van der Waals surface area contributed by atoms with E-state index >= 15 is 0 Å². The molecule has 0 radical (unpaired) electrons. The third kappa shape index (κ3) is 3.28. The summed E-state index contributed by atoms with van der Waals surface area (Å²) in [4.78, 5) is 4.23. The van der Waals surface area contributed by atoms with Crippen molar-refractivity contribution in [2.24, 2.45) is 0 Å². The van der Waals surface area contributed by atoms with E-state index in [9.17, 15) is 12.8 Å². The molecule has 1 aromatic carbocycles. The van der Waals surface area contributed by atoms with Crippen LogP contribution in [0.15, 0.2) is 33.7 Å². The molecule has 0 saturated heterocycles. The number of halogens is 1. The van der Waals surface area contributed by atoms with Crippen LogP contribution in [0.25, 0.3) is 0 Å². The maximum Gasteiger partial charge on any atom is 0.241 e. The molecule has 3 heterocycles. The largest absolute Gasteiger partial charge is 0.443 e. The number of benzene rings is 1. The Kier molecular flexibility index (Phi) is 4.60. The van der Waals surface area contributed by atoms with E-state index in [1.54, 1.807) is 6.20 Å². The van der Waals surface area contributed by atoms with Crippen LogP contribution in [0.4, 0.5) is 15.9 Å². The molecule has 1 aliphatic heterocycles. The molecule has 2 unspecified atom stereocenters. The van der Waals surface area contributed by atoms with Gasteiger partial charge in [-0.25, -0.2) is 22.5 Å². The average molecular weight is 433 g/mol. The molecule has 2 aliphatic rings. The first kappa shape index (κ1) is 19.2. The highest BCUT2D eigenvalue weighted by Gasteiger charge is 2.32. The highest BCUT2D eigenvalue weighted by molar-refractivity contribution is 7.89. The molecule has 9 nitrogen and oxygen atoms in total. The Morgan fingerprint density at radius 3 is 2.93 bits per heavy atom. The van der Waals surface area contributed by atoms with Crippen molar-refractivity contribution in [3.05, 3.63) is 53.1 Å². The number of nitrogens with one attached hydrogen (secondary N) is 3. The second-order valence-corrected chi connectivity index (χ2v) is 9.33. The number of anilines is 2. The monoisotopic (exact) mass is 433 g/mol. The van der Waals surface area contributed by atoms with Crippen LogP contribution in [-0.2, 0) is 23.2 Å². The first-order valence-electron chi connectivity index (χ1n) is 9.63. The molecule has 11 heteroatoms. The Balaban J connectivity index is 1.30. The molecule has 158 valence electrons. The van der Waals surface area contributed by atoms with E-state index in [2.05, 4.69) is 25.2 Å². The molecule has 4 N–H and O–H groups in total. The lowest BCUT2D eigenvalue weighted by Crippen LogP contribution is -2.13. The molecule has 1 aliphatic carbocycles. The number of aliphatic hydroxyl groups is 1. The number of sulfonamides is 1. The third-order valence-corrected chi connectivity index (χ3v) is 7.22. The summed E-state index contributed by atoms with van der Waals surface area (Å²) >= 11 is 0. The molecule has 0 amide bonds. The average Bonchev–Trinajstić information content (AvgIpc) is 3.49. The van der Waals surface area contributed by atoms with Crippen LogP contribution in [0.1, 0.15) is 54.0 Å². The van der Waals surface area contributed by atoms with E-state index in [1.807, 2.05) is 6.07 Å². The quantitative estimate of drug-likeness (QED) is 0.486. The zero-order valence-electron chi connectivity index (χ0n) is 15.9. The first-order valence-corrected chi connectivity index (χ1v) is 11.1. The minimum Gasteiger partial charge on any atom is -0.443 e. The van der Waals surface area contributed by atoms with Gasteiger partial charge in [-0.05, 0) is 31.4 Å². The van der Waals surface area contributed by atoms with Crippen molar-refractivity contribution in [3.63, 3.8) is 0 Å². The van der Waals surface area contributed by atoms with Gasteiger partial charge in [0.2, 0.25) is 10.0 Å². The molecular formula is C19H20FN5O4S. The number of rotatable bonds is 5. The fourth-order valence-electron chi connectivity index (χ4n) is 4.18. The Labute approximate surface area is 171 Å². The summed E-state index contributed by atoms with van der Waals surface area (Å²) in [6.45, 7) is -0.229. The lowest BCUT2D eigenvalue weighted by atomic mass is 10.0. The van der Waals surface area contributed by atoms with Crippen molar-refractivity contribution in [1.29, 1.82) is 0 Å². The van der Waals surface area contributed by atoms with Gasteiger partial charge in [-0.2, -0.15) is 5.10 Å². The number of aromatic amines is 1. The fraction of sp³-hybridized carbons (Fsp3) is 0.368. The lowest BCUT2D eigenvalue weighted by molar-refractivity contribution is 0.241. The molecular weight excluding hydrogens is 413 g/mol. The Bertz CT molecular complexity index is 1210. The highest BCUT2D eigenvalue weighted by Crippen LogP contribution is 2.43. The van der Waals surface area contributed by atoms with Gasteiger partial charge < -0.3 is 14.8 Å². The summed E-state index contributed by atoms with van der Waals surface area (Å²) in [6.07, 6.45) is 4.23. The Hall–Kier alpha value is -2.76. The number of aromatic nitrogens is 3. The van der Waals surface area contributed by atoms with Gasteiger partial charge in [0.05, 0.1) is 16.8 Å². The number of hydrogen-bond donors (Lipinski definition) is 4. The Morgan fingerprint density at radius 2 is 2.13 bits per heavy atom. The maximum atomic E-state index is 14.7. The van der Waals surface area contributed by atoms with Crippen molar-refractivity contribution in [2.45, 2.75) is 49.1 Å². The van der Waals surface area contributed by atoms with Crippen molar-refractivity contribution < 1.29 is 22.3 Å². The van der Waals surface area contributed by atoms with Gasteiger partial charge in [0, 0.05) is 35.7 Å². The molecule has 0 spiro atoms. The van der Waals surface area contributed by atoms with Crippen LogP contribution in [-0.4, -0.2) is 28.7 Å². The van der Waals surface area contributed by atoms with E-state index in [-0.39, 0.29) is 41.1 Å². The minimum absolute atomic E-state index is 0.0267. The zero-order valence-corrected chi connectivity index (χ0v) is 16.7. The molecule has 2 atom stereocenters. The Morgan fingerprint density at radius 1 is 1.30 bits per heavy atom. The molecule has 5 rings (SSSR count). The van der Waals surface area contributed by atoms with E-state index in [4.69, 9.17) is 9.52 Å². The van der Waals surface area contributed by atoms with Gasteiger partial charge in [-0.15, -0.1) is 0 Å². The number of aliphatic hydroxyl groups excluding tert-OH is 1. The van der Waals surface area contributed by atoms with E-state index < -0.39 is 15.8 Å². The van der Waals surface area contributed by atoms with Crippen LogP contribution in [0.5, 0.6) is 0 Å². The van der Waals surface area contributed by atoms with Crippen LogP contribution in [0.2, 0.25) is 0 Å². The second-order valence-electron chi connectivity index (χ2n) is 7.59. The zero-order chi connectivity index (χ0) is 20.9. The molecule has 2 aromatic heterocycles. The van der Waals surface area contributed by atoms with Gasteiger partial charge in [0.15, 0.2) is 17.5 Å². The van der Waals surface area contributed by atoms with Gasteiger partial charge in [-0.1, -0.05) is 0 Å². The SMILES string of the molecule is O=S1(=O)NCc2c1ccc(Nc1cc(C3CCC(c4ncc(CO)o4)C3)[nH]n1)c2F. The fourth-order valence-corrected chi connectivity index (χ4v) is 5.41. The number of H-pyrrole nitrogens is 1. The van der Waals surface area contributed by atoms with E-state index in [1.165, 1.54) is 12.1 Å². The summed E-state index contributed by atoms with van der Waals surface area (Å²) < 4.78 is 46.3. The topological polar surface area (TPSA) is 133 Å². The summed E-state index contributed by atoms with van der Waals surface area (Å²) in [5.74, 6) is 1.37. The summed E-state index contributed by atoms with van der Waals surface area (Å²) in [5.41, 5.74) is 1.23. The second kappa shape index (κ2) is 7.18. The summed E-state index contributed by atoms with van der Waals surface area (Å²) in [6, 6.07) is 4.63. The lowest BCUT2D eigenvalue weighted by Gasteiger charge is -2.08. The standard InChI is InChI=1S/C19H20FN5O4S/c20-18-13-8-22-30(27,28)16(13)4-3-14(18)23-17-6-15(24-25-17)10-1-2-11(5-10)19-21-7-12(9-26)29-19/h3-4,6-7,10-11,22,26H,1-2,5,8-9H2,(H2,23,24,25). The van der Waals surface area contributed by atoms with Crippen LogP contribution in [0, 0.1) is 5.82 Å². The highest BCUT2D eigenvalue weighted by atomic mass is 32.2. The first-order chi connectivity index (χ1) is 14.4. The third-order valence-electron chi connectivity index (χ3n) is 5.74. The number of fused-ring (bicyclic) bond motifs is 1. The van der Waals surface area contributed by atoms with Crippen molar-refractivity contribution in [3.8, 4) is 0 Å². The van der Waals surface area contributed by atoms with Crippen LogP contribution in [0.3, 0.4) is 0 Å². The van der Waals surface area contributed by atoms with E-state index in [0.29, 0.717) is 17.5 Å².